The molecule has 0 aliphatic rings. The van der Waals surface area contributed by atoms with Gasteiger partial charge in [-0.25, -0.2) is 5.01 Å². The summed E-state index contributed by atoms with van der Waals surface area (Å²) in [7, 11) is 7.04. The third-order valence-corrected chi connectivity index (χ3v) is 2.07. The Morgan fingerprint density at radius 3 is 1.22 bits per heavy atom. The number of hydrogen-bond donors (Lipinski definition) is 3. The van der Waals surface area contributed by atoms with Gasteiger partial charge in [0.2, 0.25) is 5.24 Å². The first kappa shape index (κ1) is 33.8. The monoisotopic (exact) mass is 357 g/mol. The number of rotatable bonds is 2. The average molecular weight is 358 g/mol. The minimum atomic E-state index is -0.801. The standard InChI is InChI=1S/C6H15N3O.C5H9ClO.C2H8N2.2CH4/c1-6(2,7)5(10)8-9(3)4;1-5(2,3)4(6)7;1-4(2)3;;/h7H2,1-4H3,(H,8,10);1-3H3;3H2,1-2H3;2*1H4. The number of carbonyl (C=O) groups excluding carboxylic acids is 2. The van der Waals surface area contributed by atoms with E-state index in [9.17, 15) is 9.59 Å². The lowest BCUT2D eigenvalue weighted by molar-refractivity contribution is -0.129. The van der Waals surface area contributed by atoms with Gasteiger partial charge in [-0.3, -0.25) is 25.9 Å². The molecule has 0 bridgehead atoms. The lowest BCUT2D eigenvalue weighted by Crippen LogP contribution is -2.52. The van der Waals surface area contributed by atoms with Crippen LogP contribution in [0.15, 0.2) is 0 Å². The van der Waals surface area contributed by atoms with E-state index in [1.807, 2.05) is 0 Å². The Morgan fingerprint density at radius 2 is 1.17 bits per heavy atom. The minimum absolute atomic E-state index is 0. The maximum Gasteiger partial charge on any atom is 0.253 e. The van der Waals surface area contributed by atoms with Crippen molar-refractivity contribution in [2.45, 2.75) is 55.0 Å². The van der Waals surface area contributed by atoms with Crippen LogP contribution in [-0.4, -0.2) is 54.9 Å². The van der Waals surface area contributed by atoms with Crippen LogP contribution < -0.4 is 17.0 Å². The summed E-state index contributed by atoms with van der Waals surface area (Å²) >= 11 is 5.11. The molecule has 0 aromatic carbocycles. The second-order valence-electron chi connectivity index (χ2n) is 6.54. The molecule has 1 amide bonds. The molecule has 0 radical (unpaired) electrons. The highest BCUT2D eigenvalue weighted by atomic mass is 35.5. The molecule has 0 aromatic rings. The summed E-state index contributed by atoms with van der Waals surface area (Å²) in [6.07, 6.45) is 0. The molecule has 0 rings (SSSR count). The van der Waals surface area contributed by atoms with Gasteiger partial charge in [-0.15, -0.1) is 0 Å². The molecule has 0 aliphatic heterocycles. The molecule has 7 nitrogen and oxygen atoms in total. The van der Waals surface area contributed by atoms with Crippen molar-refractivity contribution in [1.82, 2.24) is 15.4 Å². The topological polar surface area (TPSA) is 105 Å². The van der Waals surface area contributed by atoms with Crippen LogP contribution in [0.2, 0.25) is 0 Å². The predicted octanol–water partition coefficient (Wildman–Crippen LogP) is 1.81. The quantitative estimate of drug-likeness (QED) is 0.395. The Morgan fingerprint density at radius 1 is 0.957 bits per heavy atom. The number of nitrogens with one attached hydrogen (secondary N) is 1. The summed E-state index contributed by atoms with van der Waals surface area (Å²) in [6, 6.07) is 0. The highest BCUT2D eigenvalue weighted by Gasteiger charge is 2.21. The molecule has 8 heteroatoms. The van der Waals surface area contributed by atoms with Crippen LogP contribution in [0.3, 0.4) is 0 Å². The minimum Gasteiger partial charge on any atom is -0.318 e. The third kappa shape index (κ3) is 33.9. The predicted molar refractivity (Wildman–Crippen MR) is 102 cm³/mol. The summed E-state index contributed by atoms with van der Waals surface area (Å²) in [6.45, 7) is 8.66. The van der Waals surface area contributed by atoms with E-state index in [2.05, 4.69) is 5.43 Å². The number of nitrogens with zero attached hydrogens (tertiary/aromatic N) is 2. The van der Waals surface area contributed by atoms with Crippen molar-refractivity contribution in [3.05, 3.63) is 0 Å². The van der Waals surface area contributed by atoms with E-state index in [4.69, 9.17) is 23.2 Å². The lowest BCUT2D eigenvalue weighted by Gasteiger charge is -2.20. The Hall–Kier alpha value is -0.730. The molecular formula is C15H40ClN5O2. The van der Waals surface area contributed by atoms with Crippen LogP contribution in [-0.2, 0) is 9.59 Å². The maximum atomic E-state index is 11.0. The Bertz CT molecular complexity index is 305. The number of nitrogens with two attached hydrogens (primary N) is 2. The zero-order valence-corrected chi connectivity index (χ0v) is 15.5. The third-order valence-electron chi connectivity index (χ3n) is 1.50. The molecule has 0 saturated heterocycles. The van der Waals surface area contributed by atoms with Crippen molar-refractivity contribution in [2.75, 3.05) is 28.2 Å². The van der Waals surface area contributed by atoms with E-state index < -0.39 is 5.54 Å². The molecule has 0 saturated carbocycles. The smallest absolute Gasteiger partial charge is 0.253 e. The normalized spacial score (nSPS) is 10.2. The summed E-state index contributed by atoms with van der Waals surface area (Å²) in [4.78, 5) is 21.2. The van der Waals surface area contributed by atoms with Gasteiger partial charge in [0.15, 0.2) is 0 Å². The Labute approximate surface area is 148 Å². The second kappa shape index (κ2) is 14.8. The second-order valence-corrected chi connectivity index (χ2v) is 6.89. The number of amides is 1. The van der Waals surface area contributed by atoms with Crippen molar-refractivity contribution in [3.8, 4) is 0 Å². The van der Waals surface area contributed by atoms with Crippen LogP contribution in [0.1, 0.15) is 49.5 Å². The molecule has 0 aromatic heterocycles. The van der Waals surface area contributed by atoms with E-state index in [-0.39, 0.29) is 31.4 Å². The SMILES string of the molecule is C.C.CC(C)(C)C(=O)Cl.CN(C)N.CN(C)NC(=O)C(C)(C)N. The molecule has 0 unspecified atom stereocenters. The molecule has 5 N–H and O–H groups in total. The van der Waals surface area contributed by atoms with Gasteiger partial charge < -0.3 is 5.73 Å². The molecule has 23 heavy (non-hydrogen) atoms. The fourth-order valence-electron chi connectivity index (χ4n) is 0.347. The number of hydrogen-bond acceptors (Lipinski definition) is 6. The van der Waals surface area contributed by atoms with E-state index in [0.717, 1.165) is 0 Å². The summed E-state index contributed by atoms with van der Waals surface area (Å²) in [5.41, 5.74) is 6.87. The van der Waals surface area contributed by atoms with E-state index in [0.29, 0.717) is 0 Å². The highest BCUT2D eigenvalue weighted by molar-refractivity contribution is 6.64. The fraction of sp³-hybridized carbons (Fsp3) is 0.867. The van der Waals surface area contributed by atoms with Gasteiger partial charge in [-0.05, 0) is 25.4 Å². The van der Waals surface area contributed by atoms with Crippen LogP contribution in [0.5, 0.6) is 0 Å². The summed E-state index contributed by atoms with van der Waals surface area (Å²) in [5, 5.41) is 2.78. The number of halogens is 1. The maximum absolute atomic E-state index is 11.0. The van der Waals surface area contributed by atoms with Gasteiger partial charge in [0.25, 0.3) is 5.91 Å². The first-order valence-electron chi connectivity index (χ1n) is 6.41. The molecular weight excluding hydrogens is 318 g/mol. The largest absolute Gasteiger partial charge is 0.318 e. The van der Waals surface area contributed by atoms with Gasteiger partial charge in [0.1, 0.15) is 0 Å². The van der Waals surface area contributed by atoms with Crippen LogP contribution in [0.4, 0.5) is 0 Å². The molecule has 144 valence electrons. The van der Waals surface area contributed by atoms with Crippen molar-refractivity contribution in [2.24, 2.45) is 17.0 Å². The summed E-state index contributed by atoms with van der Waals surface area (Å²) in [5.74, 6) is 4.76. The molecule has 0 heterocycles. The van der Waals surface area contributed by atoms with Gasteiger partial charge in [0.05, 0.1) is 5.54 Å². The first-order valence-corrected chi connectivity index (χ1v) is 6.78. The van der Waals surface area contributed by atoms with Gasteiger partial charge in [0, 0.05) is 33.6 Å². The Kier molecular flexibility index (Phi) is 21.8. The zero-order chi connectivity index (χ0) is 18.0. The highest BCUT2D eigenvalue weighted by Crippen LogP contribution is 2.15. The van der Waals surface area contributed by atoms with Crippen LogP contribution >= 0.6 is 11.6 Å². The summed E-state index contributed by atoms with van der Waals surface area (Å²) < 4.78 is 0. The Balaban J connectivity index is -0.0000000735. The van der Waals surface area contributed by atoms with Crippen molar-refractivity contribution in [3.63, 3.8) is 0 Å². The van der Waals surface area contributed by atoms with Crippen molar-refractivity contribution >= 4 is 22.8 Å². The molecule has 0 atom stereocenters. The number of hydrazine groups is 2. The number of carbonyl (C=O) groups is 2. The zero-order valence-electron chi connectivity index (χ0n) is 14.7. The van der Waals surface area contributed by atoms with Crippen LogP contribution in [0.25, 0.3) is 0 Å². The van der Waals surface area contributed by atoms with E-state index >= 15 is 0 Å². The van der Waals surface area contributed by atoms with Gasteiger partial charge in [-0.2, -0.15) is 0 Å². The van der Waals surface area contributed by atoms with Crippen LogP contribution in [0, 0.1) is 5.41 Å². The van der Waals surface area contributed by atoms with Gasteiger partial charge in [-0.1, -0.05) is 35.6 Å². The molecule has 0 fully saturated rings. The van der Waals surface area contributed by atoms with E-state index in [1.165, 1.54) is 5.01 Å². The fourth-order valence-corrected chi connectivity index (χ4v) is 0.347. The van der Waals surface area contributed by atoms with Crippen molar-refractivity contribution < 1.29 is 9.59 Å². The van der Waals surface area contributed by atoms with Gasteiger partial charge >= 0.3 is 0 Å². The van der Waals surface area contributed by atoms with Crippen molar-refractivity contribution in [1.29, 1.82) is 0 Å². The van der Waals surface area contributed by atoms with E-state index in [1.54, 1.807) is 67.8 Å². The lowest BCUT2D eigenvalue weighted by atomic mass is 10.00. The average Bonchev–Trinajstić information content (AvgIpc) is 2.12. The molecule has 0 spiro atoms. The molecule has 0 aliphatic carbocycles. The first-order chi connectivity index (χ1) is 9.01.